The molecular weight excluding hydrogens is 921 g/mol. The number of hydrogen-bond donors (Lipinski definition) is 8. The molecule has 12 N–H and O–H groups in total. The van der Waals surface area contributed by atoms with Crippen LogP contribution in [0.5, 0.6) is 0 Å². The van der Waals surface area contributed by atoms with Crippen LogP contribution < -0.4 is 44.2 Å². The zero-order valence-electron chi connectivity index (χ0n) is 44.5. The summed E-state index contributed by atoms with van der Waals surface area (Å²) in [4.78, 5) is 86.7. The van der Waals surface area contributed by atoms with Crippen molar-refractivity contribution in [1.82, 2.24) is 20.4 Å². The Kier molecular flexibility index (Phi) is 21.0. The van der Waals surface area contributed by atoms with Gasteiger partial charge in [0.25, 0.3) is 5.91 Å². The molecule has 9 rings (SSSR count). The number of hydrogen-bond acceptors (Lipinski definition) is 10. The van der Waals surface area contributed by atoms with Gasteiger partial charge in [-0.25, -0.2) is 0 Å². The molecule has 0 unspecified atom stereocenters. The van der Waals surface area contributed by atoms with Crippen LogP contribution in [0, 0.1) is 46.3 Å². The summed E-state index contributed by atoms with van der Waals surface area (Å²) < 4.78 is 0. The third-order valence-electron chi connectivity index (χ3n) is 17.7. The van der Waals surface area contributed by atoms with Crippen LogP contribution in [-0.2, 0) is 24.0 Å². The molecule has 0 radical (unpaired) electrons. The number of carbonyl (C=O) groups is 6. The standard InChI is InChI=1S/C57H94N10O6/c1-2-3-4-5-6-13-50(68)62-16-17-63-55(73)45-24-48(64-51(69)37-66(35-46(60)11-7-9-14-58)53(71)33-56-27-39-18-40(28-56)20-41(19-39)29-56)26-49(25-45)65-52(70)38-67(36-47(61)12-8-10-15-59)54(72)34-57-30-42-21-43(31-57)23-44(22-42)32-57/h24-26,39-44,46-47H,2-23,27-38,58-61H2,1H3,(H,62,68)(H,63,73)(H,64,69)(H,65,70)/t39?,40?,41?,42?,43?,44?,46-,47-,56?,57?/m0/s1. The molecule has 8 aliphatic carbocycles. The zero-order valence-corrected chi connectivity index (χ0v) is 44.5. The first-order valence-corrected chi connectivity index (χ1v) is 28.9. The first-order chi connectivity index (χ1) is 35.1. The van der Waals surface area contributed by atoms with Crippen molar-refractivity contribution >= 4 is 46.8 Å². The van der Waals surface area contributed by atoms with Gasteiger partial charge in [0.2, 0.25) is 29.5 Å². The van der Waals surface area contributed by atoms with E-state index in [2.05, 4.69) is 28.2 Å². The lowest BCUT2D eigenvalue weighted by Gasteiger charge is -2.57. The molecule has 2 atom stereocenters. The third kappa shape index (κ3) is 16.9. The van der Waals surface area contributed by atoms with E-state index in [4.69, 9.17) is 22.9 Å². The van der Waals surface area contributed by atoms with Crippen molar-refractivity contribution in [3.8, 4) is 0 Å². The molecule has 0 spiro atoms. The Morgan fingerprint density at radius 1 is 0.548 bits per heavy atom. The van der Waals surface area contributed by atoms with E-state index in [1.165, 1.54) is 38.5 Å². The molecule has 8 aliphatic rings. The van der Waals surface area contributed by atoms with E-state index in [1.807, 2.05) is 0 Å². The number of nitrogens with two attached hydrogens (primary N) is 4. The first kappa shape index (κ1) is 56.6. The molecule has 0 aliphatic heterocycles. The molecule has 8 fully saturated rings. The quantitative estimate of drug-likeness (QED) is 0.0361. The Balaban J connectivity index is 1.05. The van der Waals surface area contributed by atoms with Crippen molar-refractivity contribution in [3.63, 3.8) is 0 Å². The van der Waals surface area contributed by atoms with Gasteiger partial charge < -0.3 is 54.0 Å². The number of amides is 6. The molecule has 8 saturated carbocycles. The molecule has 8 bridgehead atoms. The van der Waals surface area contributed by atoms with Crippen molar-refractivity contribution in [3.05, 3.63) is 23.8 Å². The molecule has 0 heterocycles. The predicted molar refractivity (Wildman–Crippen MR) is 288 cm³/mol. The number of carbonyl (C=O) groups excluding carboxylic acids is 6. The molecule has 16 heteroatoms. The maximum Gasteiger partial charge on any atom is 0.251 e. The fourth-order valence-corrected chi connectivity index (χ4v) is 15.3. The summed E-state index contributed by atoms with van der Waals surface area (Å²) >= 11 is 0. The van der Waals surface area contributed by atoms with Gasteiger partial charge >= 0.3 is 0 Å². The summed E-state index contributed by atoms with van der Waals surface area (Å²) in [5.41, 5.74) is 25.4. The van der Waals surface area contributed by atoms with Gasteiger partial charge in [0, 0.05) is 74.5 Å². The van der Waals surface area contributed by atoms with Crippen LogP contribution in [0.15, 0.2) is 18.2 Å². The molecule has 408 valence electrons. The van der Waals surface area contributed by atoms with Gasteiger partial charge in [-0.3, -0.25) is 28.8 Å². The average Bonchev–Trinajstić information content (AvgIpc) is 3.31. The minimum Gasteiger partial charge on any atom is -0.354 e. The Morgan fingerprint density at radius 3 is 1.37 bits per heavy atom. The molecule has 0 saturated heterocycles. The largest absolute Gasteiger partial charge is 0.354 e. The fourth-order valence-electron chi connectivity index (χ4n) is 15.3. The van der Waals surface area contributed by atoms with E-state index in [1.54, 1.807) is 28.0 Å². The van der Waals surface area contributed by atoms with E-state index in [9.17, 15) is 28.8 Å². The van der Waals surface area contributed by atoms with Crippen molar-refractivity contribution in [2.45, 2.75) is 186 Å². The molecule has 1 aromatic carbocycles. The van der Waals surface area contributed by atoms with Crippen LogP contribution in [0.3, 0.4) is 0 Å². The van der Waals surface area contributed by atoms with Crippen LogP contribution in [0.25, 0.3) is 0 Å². The molecular formula is C57H94N10O6. The Morgan fingerprint density at radius 2 is 0.959 bits per heavy atom. The van der Waals surface area contributed by atoms with Crippen molar-refractivity contribution < 1.29 is 28.8 Å². The number of benzene rings is 1. The van der Waals surface area contributed by atoms with Crippen molar-refractivity contribution in [1.29, 1.82) is 0 Å². The highest BCUT2D eigenvalue weighted by molar-refractivity contribution is 6.02. The lowest BCUT2D eigenvalue weighted by Crippen LogP contribution is -2.50. The second kappa shape index (κ2) is 27.1. The van der Waals surface area contributed by atoms with Crippen molar-refractivity contribution in [2.24, 2.45) is 69.3 Å². The highest BCUT2D eigenvalue weighted by Crippen LogP contribution is 2.62. The average molecular weight is 1020 g/mol. The highest BCUT2D eigenvalue weighted by atomic mass is 16.2. The van der Waals surface area contributed by atoms with Crippen molar-refractivity contribution in [2.75, 3.05) is 63.0 Å². The van der Waals surface area contributed by atoms with E-state index >= 15 is 0 Å². The number of rotatable bonds is 32. The van der Waals surface area contributed by atoms with Gasteiger partial charge in [-0.05, 0) is 187 Å². The first-order valence-electron chi connectivity index (χ1n) is 28.9. The van der Waals surface area contributed by atoms with E-state index in [-0.39, 0.29) is 96.8 Å². The van der Waals surface area contributed by atoms with Crippen LogP contribution in [-0.4, -0.2) is 110 Å². The van der Waals surface area contributed by atoms with Gasteiger partial charge in [-0.2, -0.15) is 0 Å². The van der Waals surface area contributed by atoms with Gasteiger partial charge in [0.1, 0.15) is 0 Å². The summed E-state index contributed by atoms with van der Waals surface area (Å²) in [6.07, 6.45) is 25.1. The maximum absolute atomic E-state index is 14.4. The highest BCUT2D eigenvalue weighted by Gasteiger charge is 2.53. The summed E-state index contributed by atoms with van der Waals surface area (Å²) in [5, 5.41) is 11.7. The smallest absolute Gasteiger partial charge is 0.251 e. The normalized spacial score (nSPS) is 27.0. The van der Waals surface area contributed by atoms with E-state index in [0.29, 0.717) is 80.7 Å². The summed E-state index contributed by atoms with van der Waals surface area (Å²) in [7, 11) is 0. The van der Waals surface area contributed by atoms with Crippen LogP contribution in [0.1, 0.15) is 184 Å². The Labute approximate surface area is 436 Å². The lowest BCUT2D eigenvalue weighted by atomic mass is 9.49. The minimum atomic E-state index is -0.466. The summed E-state index contributed by atoms with van der Waals surface area (Å²) in [6.45, 7) is 3.69. The Hall–Kier alpha value is -4.12. The topological polar surface area (TPSA) is 261 Å². The number of nitrogens with one attached hydrogen (secondary N) is 4. The third-order valence-corrected chi connectivity index (χ3v) is 17.7. The number of anilines is 2. The second-order valence-electron chi connectivity index (χ2n) is 24.5. The van der Waals surface area contributed by atoms with Gasteiger partial charge in [-0.1, -0.05) is 45.4 Å². The number of nitrogens with zero attached hydrogens (tertiary/aromatic N) is 2. The van der Waals surface area contributed by atoms with Crippen LogP contribution >= 0.6 is 0 Å². The molecule has 0 aromatic heterocycles. The van der Waals surface area contributed by atoms with Gasteiger partial charge in [0.15, 0.2) is 0 Å². The van der Waals surface area contributed by atoms with Crippen LogP contribution in [0.2, 0.25) is 0 Å². The van der Waals surface area contributed by atoms with E-state index < -0.39 is 17.7 Å². The molecule has 6 amide bonds. The van der Waals surface area contributed by atoms with Gasteiger partial charge in [-0.15, -0.1) is 0 Å². The summed E-state index contributed by atoms with van der Waals surface area (Å²) in [5.74, 6) is 2.51. The van der Waals surface area contributed by atoms with Gasteiger partial charge in [0.05, 0.1) is 13.1 Å². The summed E-state index contributed by atoms with van der Waals surface area (Å²) in [6, 6.07) is 4.01. The zero-order chi connectivity index (χ0) is 52.0. The molecule has 1 aromatic rings. The fraction of sp³-hybridized carbons (Fsp3) is 0.789. The monoisotopic (exact) mass is 1010 g/mol. The SMILES string of the molecule is CCCCCCCC(=O)NCCNC(=O)c1cc(NC(=O)CN(C[C@@H](N)CCCCN)C(=O)CC23CC4CC(CC(C4)C2)C3)cc(NC(=O)CN(C[C@@H](N)CCCCN)C(=O)CC23CC4CC(CC(C4)C2)C3)c1. The molecule has 16 nitrogen and oxygen atoms in total. The van der Waals surface area contributed by atoms with E-state index in [0.717, 1.165) is 96.3 Å². The predicted octanol–water partition coefficient (Wildman–Crippen LogP) is 6.55. The molecule has 73 heavy (non-hydrogen) atoms. The lowest BCUT2D eigenvalue weighted by molar-refractivity contribution is -0.142. The number of unbranched alkanes of at least 4 members (excludes halogenated alkanes) is 6. The maximum atomic E-state index is 14.4. The minimum absolute atomic E-state index is 0.0272. The second-order valence-corrected chi connectivity index (χ2v) is 24.5. The van der Waals surface area contributed by atoms with Crippen LogP contribution in [0.4, 0.5) is 11.4 Å². The Bertz CT molecular complexity index is 1850.